The molecule has 0 unspecified atom stereocenters. The van der Waals surface area contributed by atoms with Crippen LogP contribution in [0.3, 0.4) is 0 Å². The normalized spacial score (nSPS) is 11.4. The summed E-state index contributed by atoms with van der Waals surface area (Å²) < 4.78 is 0. The van der Waals surface area contributed by atoms with Gasteiger partial charge in [0.05, 0.1) is 5.69 Å². The van der Waals surface area contributed by atoms with Gasteiger partial charge in [-0.05, 0) is 75.2 Å². The summed E-state index contributed by atoms with van der Waals surface area (Å²) in [6, 6.07) is 68.2. The lowest BCUT2D eigenvalue weighted by molar-refractivity contribution is 0.569. The van der Waals surface area contributed by atoms with E-state index in [-0.39, 0.29) is 5.41 Å². The maximum atomic E-state index is 5.23. The Bertz CT molecular complexity index is 2820. The third kappa shape index (κ3) is 7.73. The van der Waals surface area contributed by atoms with Crippen LogP contribution in [0.1, 0.15) is 32.2 Å². The molecule has 0 aliphatic heterocycles. The van der Waals surface area contributed by atoms with Gasteiger partial charge in [0.25, 0.3) is 0 Å². The van der Waals surface area contributed by atoms with Crippen molar-refractivity contribution in [3.05, 3.63) is 206 Å². The predicted molar refractivity (Wildman–Crippen MR) is 245 cm³/mol. The summed E-state index contributed by atoms with van der Waals surface area (Å²) in [7, 11) is 0. The average Bonchev–Trinajstić information content (AvgIpc) is 3.29. The van der Waals surface area contributed by atoms with Gasteiger partial charge in [-0.3, -0.25) is 4.98 Å². The van der Waals surface area contributed by atoms with Crippen LogP contribution in [-0.4, -0.2) is 19.9 Å². The molecular formula is C55H44N4. The molecule has 59 heavy (non-hydrogen) atoms. The molecule has 4 nitrogen and oxygen atoms in total. The molecule has 9 rings (SSSR count). The van der Waals surface area contributed by atoms with Crippen LogP contribution >= 0.6 is 0 Å². The Kier molecular flexibility index (Phi) is 10.1. The first-order valence-corrected chi connectivity index (χ1v) is 20.1. The molecule has 0 saturated heterocycles. The van der Waals surface area contributed by atoms with Crippen molar-refractivity contribution < 1.29 is 0 Å². The van der Waals surface area contributed by atoms with Crippen molar-refractivity contribution in [2.75, 3.05) is 0 Å². The zero-order valence-electron chi connectivity index (χ0n) is 33.8. The van der Waals surface area contributed by atoms with E-state index in [4.69, 9.17) is 19.9 Å². The third-order valence-electron chi connectivity index (χ3n) is 10.7. The van der Waals surface area contributed by atoms with Crippen molar-refractivity contribution in [3.63, 3.8) is 0 Å². The number of hydrogen-bond donors (Lipinski definition) is 0. The summed E-state index contributed by atoms with van der Waals surface area (Å²) in [6.07, 6.45) is 0. The molecular weight excluding hydrogens is 717 g/mol. The van der Waals surface area contributed by atoms with Gasteiger partial charge in [-0.1, -0.05) is 197 Å². The summed E-state index contributed by atoms with van der Waals surface area (Å²) >= 11 is 0. The largest absolute Gasteiger partial charge is 0.257 e. The quantitative estimate of drug-likeness (QED) is 0.155. The molecule has 0 aliphatic carbocycles. The fourth-order valence-corrected chi connectivity index (χ4v) is 7.83. The van der Waals surface area contributed by atoms with E-state index in [1.807, 2.05) is 25.1 Å². The van der Waals surface area contributed by atoms with Gasteiger partial charge in [-0.25, -0.2) is 15.0 Å². The lowest BCUT2D eigenvalue weighted by atomic mass is 9.84. The van der Waals surface area contributed by atoms with Gasteiger partial charge in [-0.2, -0.15) is 0 Å². The Morgan fingerprint density at radius 3 is 1.25 bits per heavy atom. The summed E-state index contributed by atoms with van der Waals surface area (Å²) in [5.41, 5.74) is 16.0. The molecule has 0 spiro atoms. The number of pyridine rings is 1. The summed E-state index contributed by atoms with van der Waals surface area (Å²) in [6.45, 7) is 8.68. The molecule has 284 valence electrons. The van der Waals surface area contributed by atoms with E-state index in [2.05, 4.69) is 197 Å². The minimum absolute atomic E-state index is 0.168. The molecule has 0 fully saturated rings. The van der Waals surface area contributed by atoms with Crippen LogP contribution in [0.4, 0.5) is 0 Å². The van der Waals surface area contributed by atoms with Crippen molar-refractivity contribution in [3.8, 4) is 89.8 Å². The maximum Gasteiger partial charge on any atom is 0.164 e. The lowest BCUT2D eigenvalue weighted by Gasteiger charge is -2.23. The molecule has 7 aromatic carbocycles. The number of benzene rings is 7. The predicted octanol–water partition coefficient (Wildman–Crippen LogP) is 14.2. The molecule has 0 aliphatic rings. The molecule has 0 saturated carbocycles. The Hall–Kier alpha value is -7.30. The highest BCUT2D eigenvalue weighted by Crippen LogP contribution is 2.44. The highest BCUT2D eigenvalue weighted by atomic mass is 15.0. The number of aromatic nitrogens is 4. The second-order valence-electron chi connectivity index (χ2n) is 15.9. The summed E-state index contributed by atoms with van der Waals surface area (Å²) in [5, 5.41) is 0. The van der Waals surface area contributed by atoms with Crippen molar-refractivity contribution >= 4 is 0 Å². The monoisotopic (exact) mass is 760 g/mol. The second kappa shape index (κ2) is 15.9. The van der Waals surface area contributed by atoms with Crippen molar-refractivity contribution in [2.45, 2.75) is 33.1 Å². The molecule has 2 aromatic heterocycles. The SMILES string of the molecule is Cc1ccc(-c2ccccc2-c2nc(-c3ccccc3)nc(-c3ccc(-c4c(-c5ccccc5)cc(-c5ccccc5)cc4-c4ccccc4)cc3)n2)c(C(C)(C)C)n1. The third-order valence-corrected chi connectivity index (χ3v) is 10.7. The summed E-state index contributed by atoms with van der Waals surface area (Å²) in [5.74, 6) is 1.85. The molecule has 4 heteroatoms. The van der Waals surface area contributed by atoms with Crippen LogP contribution in [-0.2, 0) is 5.41 Å². The highest BCUT2D eigenvalue weighted by Gasteiger charge is 2.24. The van der Waals surface area contributed by atoms with E-state index in [0.717, 1.165) is 55.9 Å². The fourth-order valence-electron chi connectivity index (χ4n) is 7.83. The van der Waals surface area contributed by atoms with Crippen LogP contribution in [0.15, 0.2) is 194 Å². The van der Waals surface area contributed by atoms with E-state index in [0.29, 0.717) is 17.5 Å². The molecule has 0 bridgehead atoms. The first-order chi connectivity index (χ1) is 28.8. The molecule has 0 amide bonds. The minimum Gasteiger partial charge on any atom is -0.257 e. The first-order valence-electron chi connectivity index (χ1n) is 20.1. The molecule has 0 radical (unpaired) electrons. The maximum absolute atomic E-state index is 5.23. The van der Waals surface area contributed by atoms with Gasteiger partial charge in [0.15, 0.2) is 17.5 Å². The van der Waals surface area contributed by atoms with E-state index in [1.165, 1.54) is 27.8 Å². The minimum atomic E-state index is -0.168. The zero-order valence-corrected chi connectivity index (χ0v) is 33.8. The second-order valence-corrected chi connectivity index (χ2v) is 15.9. The molecule has 0 N–H and O–H groups in total. The van der Waals surface area contributed by atoms with Crippen molar-refractivity contribution in [1.29, 1.82) is 0 Å². The van der Waals surface area contributed by atoms with Crippen LogP contribution in [0.25, 0.3) is 89.8 Å². The Labute approximate surface area is 347 Å². The van der Waals surface area contributed by atoms with E-state index < -0.39 is 0 Å². The van der Waals surface area contributed by atoms with Crippen molar-refractivity contribution in [2.24, 2.45) is 0 Å². The first kappa shape index (κ1) is 37.3. The van der Waals surface area contributed by atoms with Crippen LogP contribution in [0.5, 0.6) is 0 Å². The smallest absolute Gasteiger partial charge is 0.164 e. The van der Waals surface area contributed by atoms with Gasteiger partial charge >= 0.3 is 0 Å². The summed E-state index contributed by atoms with van der Waals surface area (Å²) in [4.78, 5) is 20.5. The Morgan fingerprint density at radius 2 is 0.729 bits per heavy atom. The van der Waals surface area contributed by atoms with E-state index in [1.54, 1.807) is 0 Å². The van der Waals surface area contributed by atoms with Crippen LogP contribution in [0.2, 0.25) is 0 Å². The number of aryl methyl sites for hydroxylation is 1. The van der Waals surface area contributed by atoms with Crippen LogP contribution < -0.4 is 0 Å². The van der Waals surface area contributed by atoms with Gasteiger partial charge in [-0.15, -0.1) is 0 Å². The van der Waals surface area contributed by atoms with Gasteiger partial charge in [0, 0.05) is 33.4 Å². The van der Waals surface area contributed by atoms with E-state index in [9.17, 15) is 0 Å². The number of nitrogens with zero attached hydrogens (tertiary/aromatic N) is 4. The number of hydrogen-bond acceptors (Lipinski definition) is 4. The van der Waals surface area contributed by atoms with Crippen LogP contribution in [0, 0.1) is 6.92 Å². The zero-order chi connectivity index (χ0) is 40.3. The number of rotatable bonds is 8. The molecule has 0 atom stereocenters. The topological polar surface area (TPSA) is 51.6 Å². The van der Waals surface area contributed by atoms with Crippen molar-refractivity contribution in [1.82, 2.24) is 19.9 Å². The molecule has 9 aromatic rings. The average molecular weight is 761 g/mol. The fraction of sp³-hybridized carbons (Fsp3) is 0.0909. The van der Waals surface area contributed by atoms with E-state index >= 15 is 0 Å². The van der Waals surface area contributed by atoms with Gasteiger partial charge in [0.1, 0.15) is 0 Å². The molecule has 2 heterocycles. The van der Waals surface area contributed by atoms with Gasteiger partial charge in [0.2, 0.25) is 0 Å². The lowest BCUT2D eigenvalue weighted by Crippen LogP contribution is -2.16. The standard InChI is InChI=1S/C55H44N4/c1-37-29-34-46(51(56-37)55(2,3)4)45-27-17-18-28-47(45)54-58-52(42-25-15-8-16-26-42)57-53(59-54)43-32-30-41(31-33-43)50-48(39-21-11-6-12-22-39)35-44(38-19-9-5-10-20-38)36-49(50)40-23-13-7-14-24-40/h5-36H,1-4H3. The highest BCUT2D eigenvalue weighted by molar-refractivity contribution is 5.98. The Morgan fingerprint density at radius 1 is 0.305 bits per heavy atom. The Balaban J connectivity index is 1.22. The van der Waals surface area contributed by atoms with Gasteiger partial charge < -0.3 is 0 Å².